The van der Waals surface area contributed by atoms with E-state index in [0.717, 1.165) is 25.2 Å². The lowest BCUT2D eigenvalue weighted by Crippen LogP contribution is -2.29. The lowest BCUT2D eigenvalue weighted by Gasteiger charge is -2.29. The molecule has 220 valence electrons. The average Bonchev–Trinajstić information content (AvgIpc) is 2.91. The van der Waals surface area contributed by atoms with E-state index in [1.54, 1.807) is 44.6 Å². The van der Waals surface area contributed by atoms with Gasteiger partial charge in [0.2, 0.25) is 0 Å². The van der Waals surface area contributed by atoms with Gasteiger partial charge in [0.15, 0.2) is 0 Å². The molecule has 40 heavy (non-hydrogen) atoms. The van der Waals surface area contributed by atoms with Gasteiger partial charge in [-0.25, -0.2) is 4.79 Å². The molecule has 11 heteroatoms. The summed E-state index contributed by atoms with van der Waals surface area (Å²) in [6.45, 7) is 6.53. The number of ether oxygens (including phenoxy) is 4. The van der Waals surface area contributed by atoms with Gasteiger partial charge >= 0.3 is 5.63 Å². The van der Waals surface area contributed by atoms with E-state index in [2.05, 4.69) is 4.90 Å². The van der Waals surface area contributed by atoms with Crippen molar-refractivity contribution in [1.82, 2.24) is 4.90 Å². The molecule has 7 nitrogen and oxygen atoms in total. The van der Waals surface area contributed by atoms with Gasteiger partial charge in [0.1, 0.15) is 45.1 Å². The highest BCUT2D eigenvalue weighted by Gasteiger charge is 2.29. The van der Waals surface area contributed by atoms with Gasteiger partial charge < -0.3 is 23.4 Å². The van der Waals surface area contributed by atoms with E-state index in [-0.39, 0.29) is 12.4 Å². The molecule has 3 aromatic rings. The Morgan fingerprint density at radius 2 is 1.45 bits per heavy atom. The highest BCUT2D eigenvalue weighted by atomic mass is 35.5. The zero-order valence-corrected chi connectivity index (χ0v) is 26.3. The van der Waals surface area contributed by atoms with Gasteiger partial charge in [-0.3, -0.25) is 4.90 Å². The van der Waals surface area contributed by atoms with Crippen LogP contribution < -0.4 is 24.6 Å². The van der Waals surface area contributed by atoms with E-state index >= 15 is 0 Å². The SMILES string of the molecule is COc1ccc(-c2c(OC)c3c(OC)c4c(cc3oc2=O)OC(C)(C)C=C4)cc1.Cl.ClCCN(CCCl)CCCl. The molecule has 0 bridgehead atoms. The number of hydrogen-bond donors (Lipinski definition) is 0. The molecule has 0 saturated heterocycles. The first-order valence-corrected chi connectivity index (χ1v) is 14.0. The van der Waals surface area contributed by atoms with E-state index in [4.69, 9.17) is 58.2 Å². The van der Waals surface area contributed by atoms with Crippen molar-refractivity contribution in [3.8, 4) is 34.1 Å². The molecular formula is C29H35Cl4NO6. The molecular weight excluding hydrogens is 600 g/mol. The Kier molecular flexibility index (Phi) is 13.3. The molecule has 1 aliphatic heterocycles. The summed E-state index contributed by atoms with van der Waals surface area (Å²) in [5.74, 6) is 4.13. The third-order valence-corrected chi connectivity index (χ3v) is 6.63. The molecule has 0 atom stereocenters. The van der Waals surface area contributed by atoms with Gasteiger partial charge in [-0.05, 0) is 43.7 Å². The minimum Gasteiger partial charge on any atom is -0.497 e. The summed E-state index contributed by atoms with van der Waals surface area (Å²) in [5.41, 5.74) is 1.11. The van der Waals surface area contributed by atoms with Crippen LogP contribution >= 0.6 is 47.2 Å². The number of hydrogen-bond acceptors (Lipinski definition) is 7. The molecule has 2 aromatic carbocycles. The Hall–Kier alpha value is -2.29. The van der Waals surface area contributed by atoms with E-state index in [9.17, 15) is 4.79 Å². The van der Waals surface area contributed by atoms with Gasteiger partial charge in [0.25, 0.3) is 0 Å². The van der Waals surface area contributed by atoms with Gasteiger partial charge in [-0.1, -0.05) is 12.1 Å². The van der Waals surface area contributed by atoms with E-state index < -0.39 is 11.2 Å². The fourth-order valence-electron chi connectivity index (χ4n) is 4.25. The first-order chi connectivity index (χ1) is 18.7. The van der Waals surface area contributed by atoms with Crippen LogP contribution in [0.25, 0.3) is 28.2 Å². The molecule has 0 aliphatic carbocycles. The second-order valence-electron chi connectivity index (χ2n) is 9.17. The lowest BCUT2D eigenvalue weighted by molar-refractivity contribution is 0.158. The number of rotatable bonds is 10. The van der Waals surface area contributed by atoms with Gasteiger partial charge in [-0.2, -0.15) is 0 Å². The Morgan fingerprint density at radius 3 is 1.95 bits per heavy atom. The summed E-state index contributed by atoms with van der Waals surface area (Å²) in [6.07, 6.45) is 3.91. The maximum absolute atomic E-state index is 12.9. The van der Waals surface area contributed by atoms with Crippen LogP contribution in [0.2, 0.25) is 0 Å². The zero-order valence-electron chi connectivity index (χ0n) is 23.2. The van der Waals surface area contributed by atoms with Crippen LogP contribution in [0.5, 0.6) is 23.0 Å². The predicted octanol–water partition coefficient (Wildman–Crippen LogP) is 7.10. The van der Waals surface area contributed by atoms with E-state index in [0.29, 0.717) is 62.7 Å². The Balaban J connectivity index is 0.000000439. The van der Waals surface area contributed by atoms with Crippen molar-refractivity contribution >= 4 is 64.3 Å². The van der Waals surface area contributed by atoms with Gasteiger partial charge in [0.05, 0.1) is 26.9 Å². The van der Waals surface area contributed by atoms with Crippen molar-refractivity contribution < 1.29 is 23.4 Å². The molecule has 0 fully saturated rings. The minimum absolute atomic E-state index is 0. The van der Waals surface area contributed by atoms with E-state index in [1.165, 1.54) is 7.11 Å². The summed E-state index contributed by atoms with van der Waals surface area (Å²) < 4.78 is 28.3. The monoisotopic (exact) mass is 633 g/mol. The molecule has 0 amide bonds. The third kappa shape index (κ3) is 7.92. The summed E-state index contributed by atoms with van der Waals surface area (Å²) in [6, 6.07) is 8.84. The molecule has 0 spiro atoms. The second-order valence-corrected chi connectivity index (χ2v) is 10.3. The summed E-state index contributed by atoms with van der Waals surface area (Å²) >= 11 is 16.6. The van der Waals surface area contributed by atoms with Crippen LogP contribution in [-0.2, 0) is 0 Å². The first-order valence-electron chi connectivity index (χ1n) is 12.4. The van der Waals surface area contributed by atoms with Crippen LogP contribution in [0.1, 0.15) is 19.4 Å². The maximum atomic E-state index is 12.9. The quantitative estimate of drug-likeness (QED) is 0.174. The second kappa shape index (κ2) is 15.6. The molecule has 1 aliphatic rings. The number of nitrogens with zero attached hydrogens (tertiary/aromatic N) is 1. The van der Waals surface area contributed by atoms with Gasteiger partial charge in [-0.15, -0.1) is 47.2 Å². The van der Waals surface area contributed by atoms with Crippen molar-refractivity contribution in [3.63, 3.8) is 0 Å². The first kappa shape index (κ1) is 33.9. The number of alkyl halides is 3. The van der Waals surface area contributed by atoms with E-state index in [1.807, 2.05) is 26.0 Å². The van der Waals surface area contributed by atoms with Crippen LogP contribution in [-0.4, -0.2) is 69.1 Å². The van der Waals surface area contributed by atoms with Crippen LogP contribution in [0.15, 0.2) is 45.6 Å². The van der Waals surface area contributed by atoms with Crippen molar-refractivity contribution in [2.75, 3.05) is 58.6 Å². The highest BCUT2D eigenvalue weighted by Crippen LogP contribution is 2.47. The summed E-state index contributed by atoms with van der Waals surface area (Å²) in [5, 5.41) is 0.576. The molecule has 0 N–H and O–H groups in total. The maximum Gasteiger partial charge on any atom is 0.347 e. The van der Waals surface area contributed by atoms with Crippen LogP contribution in [0.3, 0.4) is 0 Å². The molecule has 2 heterocycles. The summed E-state index contributed by atoms with van der Waals surface area (Å²) in [7, 11) is 4.68. The Morgan fingerprint density at radius 1 is 0.875 bits per heavy atom. The molecule has 4 rings (SSSR count). The molecule has 0 unspecified atom stereocenters. The van der Waals surface area contributed by atoms with Crippen molar-refractivity contribution in [3.05, 3.63) is 52.4 Å². The highest BCUT2D eigenvalue weighted by molar-refractivity contribution is 6.18. The smallest absolute Gasteiger partial charge is 0.347 e. The van der Waals surface area contributed by atoms with Crippen molar-refractivity contribution in [2.24, 2.45) is 0 Å². The number of benzene rings is 2. The Labute approximate surface area is 256 Å². The number of fused-ring (bicyclic) bond motifs is 2. The normalized spacial score (nSPS) is 13.0. The average molecular weight is 635 g/mol. The lowest BCUT2D eigenvalue weighted by atomic mass is 9.98. The minimum atomic E-state index is -0.507. The molecule has 0 radical (unpaired) electrons. The fraction of sp³-hybridized carbons (Fsp3) is 0.414. The standard InChI is InChI=1S/C23H22O6.C6H12Cl3N.ClH/c1-23(2)11-10-15-16(29-23)12-17-19(20(15)26-4)21(27-5)18(22(24)28-17)13-6-8-14(25-3)9-7-13;7-1-4-10(5-2-8)6-3-9;/h6-12H,1-5H3;1-6H2;1H. The Bertz CT molecular complexity index is 1330. The van der Waals surface area contributed by atoms with Crippen molar-refractivity contribution in [2.45, 2.75) is 19.4 Å². The number of halogens is 4. The summed E-state index contributed by atoms with van der Waals surface area (Å²) in [4.78, 5) is 15.0. The number of methoxy groups -OCH3 is 3. The predicted molar refractivity (Wildman–Crippen MR) is 167 cm³/mol. The largest absolute Gasteiger partial charge is 0.497 e. The third-order valence-electron chi connectivity index (χ3n) is 6.12. The zero-order chi connectivity index (χ0) is 28.6. The van der Waals surface area contributed by atoms with Crippen molar-refractivity contribution in [1.29, 1.82) is 0 Å². The topological polar surface area (TPSA) is 70.4 Å². The molecule has 1 aromatic heterocycles. The fourth-order valence-corrected chi connectivity index (χ4v) is 4.97. The van der Waals surface area contributed by atoms with Crippen LogP contribution in [0.4, 0.5) is 0 Å². The van der Waals surface area contributed by atoms with Gasteiger partial charge in [0, 0.05) is 43.3 Å². The molecule has 0 saturated carbocycles. The van der Waals surface area contributed by atoms with Crippen LogP contribution in [0, 0.1) is 0 Å².